The standard InChI is InChI=1S/C15H28N2S/c1-15(2,9-10-16)8-5-11-17(3)12-7-14-6-4-13-18-14/h4,6,13H,5,7-12,16H2,1-3H3. The molecule has 0 atom stereocenters. The molecule has 1 heterocycles. The maximum absolute atomic E-state index is 5.64. The molecule has 1 aromatic rings. The molecular weight excluding hydrogens is 240 g/mol. The van der Waals surface area contributed by atoms with E-state index in [0.717, 1.165) is 19.5 Å². The van der Waals surface area contributed by atoms with Gasteiger partial charge in [-0.3, -0.25) is 0 Å². The second-order valence-electron chi connectivity index (χ2n) is 5.94. The molecule has 2 nitrogen and oxygen atoms in total. The van der Waals surface area contributed by atoms with E-state index in [1.165, 1.54) is 30.7 Å². The quantitative estimate of drug-likeness (QED) is 0.744. The summed E-state index contributed by atoms with van der Waals surface area (Å²) < 4.78 is 0. The highest BCUT2D eigenvalue weighted by Crippen LogP contribution is 2.25. The lowest BCUT2D eigenvalue weighted by Gasteiger charge is -2.25. The van der Waals surface area contributed by atoms with Gasteiger partial charge >= 0.3 is 0 Å². The normalized spacial score (nSPS) is 12.3. The van der Waals surface area contributed by atoms with E-state index in [0.29, 0.717) is 5.41 Å². The van der Waals surface area contributed by atoms with Crippen LogP contribution in [0.1, 0.15) is 38.0 Å². The highest BCUT2D eigenvalue weighted by molar-refractivity contribution is 7.09. The molecule has 0 bridgehead atoms. The minimum Gasteiger partial charge on any atom is -0.330 e. The van der Waals surface area contributed by atoms with Gasteiger partial charge < -0.3 is 10.6 Å². The van der Waals surface area contributed by atoms with E-state index < -0.39 is 0 Å². The third-order valence-corrected chi connectivity index (χ3v) is 4.47. The van der Waals surface area contributed by atoms with E-state index in [4.69, 9.17) is 5.73 Å². The zero-order valence-electron chi connectivity index (χ0n) is 12.1. The molecule has 0 aromatic carbocycles. The van der Waals surface area contributed by atoms with Gasteiger partial charge in [0.1, 0.15) is 0 Å². The predicted molar refractivity (Wildman–Crippen MR) is 82.2 cm³/mol. The van der Waals surface area contributed by atoms with Crippen molar-refractivity contribution < 1.29 is 0 Å². The summed E-state index contributed by atoms with van der Waals surface area (Å²) >= 11 is 1.86. The van der Waals surface area contributed by atoms with Crippen LogP contribution in [0, 0.1) is 5.41 Å². The molecule has 0 amide bonds. The lowest BCUT2D eigenvalue weighted by molar-refractivity contribution is 0.264. The molecule has 1 rings (SSSR count). The van der Waals surface area contributed by atoms with Crippen molar-refractivity contribution >= 4 is 11.3 Å². The fourth-order valence-electron chi connectivity index (χ4n) is 2.21. The Kier molecular flexibility index (Phi) is 6.90. The molecule has 0 unspecified atom stereocenters. The first-order valence-corrected chi connectivity index (χ1v) is 7.82. The van der Waals surface area contributed by atoms with Crippen molar-refractivity contribution in [3.63, 3.8) is 0 Å². The maximum Gasteiger partial charge on any atom is 0.00579 e. The van der Waals surface area contributed by atoms with Crippen LogP contribution in [0.2, 0.25) is 0 Å². The van der Waals surface area contributed by atoms with E-state index in [9.17, 15) is 0 Å². The molecule has 0 aliphatic heterocycles. The van der Waals surface area contributed by atoms with Gasteiger partial charge in [0.25, 0.3) is 0 Å². The summed E-state index contributed by atoms with van der Waals surface area (Å²) in [5.74, 6) is 0. The van der Waals surface area contributed by atoms with Gasteiger partial charge in [0, 0.05) is 11.4 Å². The fourth-order valence-corrected chi connectivity index (χ4v) is 2.91. The van der Waals surface area contributed by atoms with Gasteiger partial charge in [0.15, 0.2) is 0 Å². The molecule has 3 heteroatoms. The summed E-state index contributed by atoms with van der Waals surface area (Å²) in [5, 5.41) is 2.16. The molecule has 0 spiro atoms. The Morgan fingerprint density at radius 1 is 1.28 bits per heavy atom. The molecule has 1 aromatic heterocycles. The Labute approximate surface area is 116 Å². The molecule has 0 saturated carbocycles. The second-order valence-corrected chi connectivity index (χ2v) is 6.97. The number of nitrogens with two attached hydrogens (primary N) is 1. The number of hydrogen-bond acceptors (Lipinski definition) is 3. The van der Waals surface area contributed by atoms with Crippen LogP contribution in [0.3, 0.4) is 0 Å². The first kappa shape index (κ1) is 15.7. The SMILES string of the molecule is CN(CCCC(C)(C)CCN)CCc1cccs1. The van der Waals surface area contributed by atoms with Crippen LogP contribution in [-0.2, 0) is 6.42 Å². The maximum atomic E-state index is 5.64. The van der Waals surface area contributed by atoms with Crippen molar-refractivity contribution in [2.45, 2.75) is 39.5 Å². The monoisotopic (exact) mass is 268 g/mol. The van der Waals surface area contributed by atoms with Crippen LogP contribution in [0.4, 0.5) is 0 Å². The highest BCUT2D eigenvalue weighted by atomic mass is 32.1. The van der Waals surface area contributed by atoms with Gasteiger partial charge in [-0.2, -0.15) is 0 Å². The summed E-state index contributed by atoms with van der Waals surface area (Å²) in [6.07, 6.45) is 4.85. The molecule has 104 valence electrons. The van der Waals surface area contributed by atoms with Crippen LogP contribution in [0.5, 0.6) is 0 Å². The van der Waals surface area contributed by atoms with Gasteiger partial charge in [-0.05, 0) is 62.7 Å². The molecule has 2 N–H and O–H groups in total. The van der Waals surface area contributed by atoms with Crippen LogP contribution in [-0.4, -0.2) is 31.6 Å². The molecule has 0 aliphatic rings. The second kappa shape index (κ2) is 7.93. The summed E-state index contributed by atoms with van der Waals surface area (Å²) in [5.41, 5.74) is 6.04. The first-order valence-electron chi connectivity index (χ1n) is 6.94. The summed E-state index contributed by atoms with van der Waals surface area (Å²) in [6.45, 7) is 7.81. The Balaban J connectivity index is 2.11. The average molecular weight is 268 g/mol. The number of likely N-dealkylation sites (N-methyl/N-ethyl adjacent to an activating group) is 1. The van der Waals surface area contributed by atoms with E-state index in [2.05, 4.69) is 43.3 Å². The van der Waals surface area contributed by atoms with Crippen molar-refractivity contribution in [1.29, 1.82) is 0 Å². The van der Waals surface area contributed by atoms with Crippen molar-refractivity contribution in [1.82, 2.24) is 4.90 Å². The van der Waals surface area contributed by atoms with Crippen molar-refractivity contribution in [3.8, 4) is 0 Å². The van der Waals surface area contributed by atoms with Gasteiger partial charge in [0.2, 0.25) is 0 Å². The lowest BCUT2D eigenvalue weighted by Crippen LogP contribution is -2.24. The number of hydrogen-bond donors (Lipinski definition) is 1. The Morgan fingerprint density at radius 3 is 2.67 bits per heavy atom. The predicted octanol–water partition coefficient (Wildman–Crippen LogP) is 3.38. The molecular formula is C15H28N2S. The Morgan fingerprint density at radius 2 is 2.06 bits per heavy atom. The third-order valence-electron chi connectivity index (χ3n) is 3.53. The van der Waals surface area contributed by atoms with Crippen molar-refractivity contribution in [2.75, 3.05) is 26.7 Å². The van der Waals surface area contributed by atoms with Gasteiger partial charge in [0.05, 0.1) is 0 Å². The number of thiophene rings is 1. The molecule has 0 radical (unpaired) electrons. The van der Waals surface area contributed by atoms with Crippen molar-refractivity contribution in [3.05, 3.63) is 22.4 Å². The molecule has 0 saturated heterocycles. The van der Waals surface area contributed by atoms with Gasteiger partial charge in [-0.25, -0.2) is 0 Å². The topological polar surface area (TPSA) is 29.3 Å². The minimum atomic E-state index is 0.406. The molecule has 0 fully saturated rings. The average Bonchev–Trinajstić information content (AvgIpc) is 2.78. The largest absolute Gasteiger partial charge is 0.330 e. The Bertz CT molecular complexity index is 306. The zero-order valence-corrected chi connectivity index (χ0v) is 12.9. The first-order chi connectivity index (χ1) is 8.53. The number of rotatable bonds is 9. The lowest BCUT2D eigenvalue weighted by atomic mass is 9.84. The summed E-state index contributed by atoms with van der Waals surface area (Å²) in [7, 11) is 2.23. The van der Waals surface area contributed by atoms with Crippen LogP contribution in [0.25, 0.3) is 0 Å². The smallest absolute Gasteiger partial charge is 0.00579 e. The van der Waals surface area contributed by atoms with E-state index in [-0.39, 0.29) is 0 Å². The van der Waals surface area contributed by atoms with Gasteiger partial charge in [-0.15, -0.1) is 11.3 Å². The number of nitrogens with zero attached hydrogens (tertiary/aromatic N) is 1. The summed E-state index contributed by atoms with van der Waals surface area (Å²) in [4.78, 5) is 3.93. The van der Waals surface area contributed by atoms with E-state index in [1.807, 2.05) is 11.3 Å². The fraction of sp³-hybridized carbons (Fsp3) is 0.733. The molecule has 18 heavy (non-hydrogen) atoms. The zero-order chi connectivity index (χ0) is 13.4. The van der Waals surface area contributed by atoms with Gasteiger partial charge in [-0.1, -0.05) is 19.9 Å². The minimum absolute atomic E-state index is 0.406. The van der Waals surface area contributed by atoms with Crippen LogP contribution < -0.4 is 5.73 Å². The summed E-state index contributed by atoms with van der Waals surface area (Å²) in [6, 6.07) is 4.36. The Hall–Kier alpha value is -0.380. The highest BCUT2D eigenvalue weighted by Gasteiger charge is 2.16. The van der Waals surface area contributed by atoms with E-state index in [1.54, 1.807) is 0 Å². The molecule has 0 aliphatic carbocycles. The van der Waals surface area contributed by atoms with Crippen molar-refractivity contribution in [2.24, 2.45) is 11.1 Å². The van der Waals surface area contributed by atoms with E-state index >= 15 is 0 Å². The third kappa shape index (κ3) is 6.53. The van der Waals surface area contributed by atoms with Crippen LogP contribution >= 0.6 is 11.3 Å². The van der Waals surface area contributed by atoms with Crippen LogP contribution in [0.15, 0.2) is 17.5 Å².